The molecule has 13 heavy (non-hydrogen) atoms. The first-order chi connectivity index (χ1) is 6.18. The average molecular weight is 178 g/mol. The normalized spacial score (nSPS) is 31.7. The molecule has 1 aliphatic rings. The van der Waals surface area contributed by atoms with Crippen LogP contribution in [0.4, 0.5) is 4.39 Å². The molecule has 1 saturated carbocycles. The Kier molecular flexibility index (Phi) is 2.10. The second-order valence-electron chi connectivity index (χ2n) is 4.20. The molecule has 0 radical (unpaired) electrons. The Hall–Kier alpha value is -0.850. The molecule has 0 bridgehead atoms. The Labute approximate surface area is 78.8 Å². The molecule has 0 saturated heterocycles. The molecule has 0 heterocycles. The fraction of sp³-hybridized carbons (Fsp3) is 0.500. The van der Waals surface area contributed by atoms with Crippen molar-refractivity contribution in [1.29, 1.82) is 0 Å². The molecule has 0 unspecified atom stereocenters. The van der Waals surface area contributed by atoms with Crippen molar-refractivity contribution in [2.75, 3.05) is 0 Å². The third-order valence-corrected chi connectivity index (χ3v) is 2.96. The molecule has 1 aliphatic carbocycles. The summed E-state index contributed by atoms with van der Waals surface area (Å²) in [4.78, 5) is 0. The lowest BCUT2D eigenvalue weighted by molar-refractivity contribution is 0.304. The quantitative estimate of drug-likeness (QED) is 0.665. The van der Waals surface area contributed by atoms with Crippen molar-refractivity contribution in [2.45, 2.75) is 31.9 Å². The van der Waals surface area contributed by atoms with E-state index in [9.17, 15) is 4.39 Å². The van der Waals surface area contributed by atoms with Crippen LogP contribution in [-0.2, 0) is 6.42 Å². The number of hydrogen-bond acceptors (Lipinski definition) is 0. The predicted molar refractivity (Wildman–Crippen MR) is 52.4 cm³/mol. The lowest BCUT2D eigenvalue weighted by Crippen LogP contribution is -1.97. The smallest absolute Gasteiger partial charge is 0.111 e. The summed E-state index contributed by atoms with van der Waals surface area (Å²) in [5.41, 5.74) is 0.472. The number of alkyl halides is 1. The zero-order valence-electron chi connectivity index (χ0n) is 7.96. The molecule has 0 nitrogen and oxygen atoms in total. The van der Waals surface area contributed by atoms with Crippen molar-refractivity contribution in [3.05, 3.63) is 35.9 Å². The Balaban J connectivity index is 1.82. The maximum absolute atomic E-state index is 13.2. The molecule has 0 spiro atoms. The standard InChI is InChI=1S/C12H15F/c1-12(13)9-11(12)8-7-10-5-3-2-4-6-10/h2-6,11H,7-9H2,1H3/t11-,12-/m0/s1. The minimum absolute atomic E-state index is 0.313. The lowest BCUT2D eigenvalue weighted by Gasteiger charge is -2.01. The zero-order chi connectivity index (χ0) is 9.31. The first kappa shape index (κ1) is 8.74. The van der Waals surface area contributed by atoms with Crippen LogP contribution < -0.4 is 0 Å². The van der Waals surface area contributed by atoms with E-state index in [0.29, 0.717) is 5.92 Å². The maximum Gasteiger partial charge on any atom is 0.111 e. The Morgan fingerprint density at radius 3 is 2.54 bits per heavy atom. The fourth-order valence-corrected chi connectivity index (χ4v) is 1.81. The van der Waals surface area contributed by atoms with Crippen LogP contribution in [0, 0.1) is 5.92 Å². The van der Waals surface area contributed by atoms with Crippen LogP contribution in [-0.4, -0.2) is 5.67 Å². The van der Waals surface area contributed by atoms with E-state index < -0.39 is 5.67 Å². The minimum Gasteiger partial charge on any atom is -0.244 e. The summed E-state index contributed by atoms with van der Waals surface area (Å²) in [7, 11) is 0. The van der Waals surface area contributed by atoms with E-state index in [2.05, 4.69) is 12.1 Å². The molecular formula is C12H15F. The Morgan fingerprint density at radius 1 is 1.38 bits per heavy atom. The molecule has 0 amide bonds. The number of hydrogen-bond donors (Lipinski definition) is 0. The fourth-order valence-electron chi connectivity index (χ4n) is 1.81. The predicted octanol–water partition coefficient (Wildman–Crippen LogP) is 3.37. The minimum atomic E-state index is -0.852. The van der Waals surface area contributed by atoms with Crippen molar-refractivity contribution < 1.29 is 4.39 Å². The van der Waals surface area contributed by atoms with Gasteiger partial charge in [0.05, 0.1) is 0 Å². The molecule has 1 aromatic carbocycles. The van der Waals surface area contributed by atoms with Gasteiger partial charge in [-0.15, -0.1) is 0 Å². The topological polar surface area (TPSA) is 0 Å². The Bertz CT molecular complexity index is 276. The van der Waals surface area contributed by atoms with Crippen molar-refractivity contribution in [2.24, 2.45) is 5.92 Å². The number of rotatable bonds is 3. The first-order valence-corrected chi connectivity index (χ1v) is 4.91. The van der Waals surface area contributed by atoms with Crippen molar-refractivity contribution >= 4 is 0 Å². The van der Waals surface area contributed by atoms with Gasteiger partial charge in [-0.3, -0.25) is 0 Å². The maximum atomic E-state index is 13.2. The lowest BCUT2D eigenvalue weighted by atomic mass is 10.1. The molecule has 1 fully saturated rings. The van der Waals surface area contributed by atoms with Crippen LogP contribution in [0.3, 0.4) is 0 Å². The third kappa shape index (κ3) is 2.09. The molecule has 70 valence electrons. The second-order valence-corrected chi connectivity index (χ2v) is 4.20. The van der Waals surface area contributed by atoms with Crippen LogP contribution in [0.15, 0.2) is 30.3 Å². The molecule has 1 aromatic rings. The summed E-state index contributed by atoms with van der Waals surface area (Å²) >= 11 is 0. The molecular weight excluding hydrogens is 163 g/mol. The van der Waals surface area contributed by atoms with Gasteiger partial charge in [0.1, 0.15) is 5.67 Å². The summed E-state index contributed by atoms with van der Waals surface area (Å²) < 4.78 is 13.2. The zero-order valence-corrected chi connectivity index (χ0v) is 7.96. The highest BCUT2D eigenvalue weighted by Crippen LogP contribution is 2.49. The van der Waals surface area contributed by atoms with Crippen LogP contribution in [0.1, 0.15) is 25.3 Å². The highest BCUT2D eigenvalue weighted by molar-refractivity contribution is 5.15. The molecule has 0 aromatic heterocycles. The third-order valence-electron chi connectivity index (χ3n) is 2.96. The van der Waals surface area contributed by atoms with E-state index >= 15 is 0 Å². The SMILES string of the molecule is C[C@]1(F)C[C@@H]1CCc1ccccc1. The van der Waals surface area contributed by atoms with Crippen LogP contribution in [0.25, 0.3) is 0 Å². The van der Waals surface area contributed by atoms with Gasteiger partial charge in [-0.2, -0.15) is 0 Å². The highest BCUT2D eigenvalue weighted by Gasteiger charge is 2.49. The van der Waals surface area contributed by atoms with E-state index in [4.69, 9.17) is 0 Å². The molecule has 0 aliphatic heterocycles. The average Bonchev–Trinajstić information content (AvgIpc) is 2.73. The number of halogens is 1. The molecule has 2 atom stereocenters. The summed E-state index contributed by atoms with van der Waals surface area (Å²) in [5.74, 6) is 0.313. The van der Waals surface area contributed by atoms with Gasteiger partial charge in [-0.05, 0) is 37.7 Å². The van der Waals surface area contributed by atoms with Gasteiger partial charge >= 0.3 is 0 Å². The summed E-state index contributed by atoms with van der Waals surface area (Å²) in [6, 6.07) is 10.3. The van der Waals surface area contributed by atoms with Gasteiger partial charge in [-0.1, -0.05) is 30.3 Å². The van der Waals surface area contributed by atoms with Gasteiger partial charge in [0.25, 0.3) is 0 Å². The summed E-state index contributed by atoms with van der Waals surface area (Å²) in [6.45, 7) is 1.71. The summed E-state index contributed by atoms with van der Waals surface area (Å²) in [6.07, 6.45) is 2.78. The van der Waals surface area contributed by atoms with E-state index in [1.54, 1.807) is 6.92 Å². The highest BCUT2D eigenvalue weighted by atomic mass is 19.1. The van der Waals surface area contributed by atoms with Crippen molar-refractivity contribution in [3.63, 3.8) is 0 Å². The molecule has 2 rings (SSSR count). The van der Waals surface area contributed by atoms with Crippen LogP contribution >= 0.6 is 0 Å². The van der Waals surface area contributed by atoms with E-state index in [1.807, 2.05) is 18.2 Å². The molecule has 0 N–H and O–H groups in total. The van der Waals surface area contributed by atoms with Crippen molar-refractivity contribution in [3.8, 4) is 0 Å². The number of benzene rings is 1. The van der Waals surface area contributed by atoms with Crippen molar-refractivity contribution in [1.82, 2.24) is 0 Å². The van der Waals surface area contributed by atoms with Gasteiger partial charge in [-0.25, -0.2) is 4.39 Å². The van der Waals surface area contributed by atoms with E-state index in [-0.39, 0.29) is 0 Å². The van der Waals surface area contributed by atoms with Crippen LogP contribution in [0.5, 0.6) is 0 Å². The van der Waals surface area contributed by atoms with E-state index in [0.717, 1.165) is 19.3 Å². The Morgan fingerprint density at radius 2 is 2.00 bits per heavy atom. The van der Waals surface area contributed by atoms with Gasteiger partial charge < -0.3 is 0 Å². The number of aryl methyl sites for hydroxylation is 1. The first-order valence-electron chi connectivity index (χ1n) is 4.91. The summed E-state index contributed by atoms with van der Waals surface area (Å²) in [5, 5.41) is 0. The molecule has 1 heteroatoms. The van der Waals surface area contributed by atoms with E-state index in [1.165, 1.54) is 5.56 Å². The monoisotopic (exact) mass is 178 g/mol. The van der Waals surface area contributed by atoms with Gasteiger partial charge in [0.15, 0.2) is 0 Å². The largest absolute Gasteiger partial charge is 0.244 e. The van der Waals surface area contributed by atoms with Gasteiger partial charge in [0, 0.05) is 0 Å². The van der Waals surface area contributed by atoms with Gasteiger partial charge in [0.2, 0.25) is 0 Å². The van der Waals surface area contributed by atoms with Crippen LogP contribution in [0.2, 0.25) is 0 Å². The second kappa shape index (κ2) is 3.13.